The van der Waals surface area contributed by atoms with E-state index in [1.54, 1.807) is 0 Å². The molecule has 2 atom stereocenters. The number of piperidine rings is 1. The van der Waals surface area contributed by atoms with Crippen molar-refractivity contribution in [2.75, 3.05) is 6.54 Å². The lowest BCUT2D eigenvalue weighted by molar-refractivity contribution is -0.137. The minimum atomic E-state index is -0.0608. The van der Waals surface area contributed by atoms with E-state index in [9.17, 15) is 4.79 Å². The van der Waals surface area contributed by atoms with E-state index in [2.05, 4.69) is 32.8 Å². The summed E-state index contributed by atoms with van der Waals surface area (Å²) in [5.41, 5.74) is 8.48. The number of aromatic nitrogens is 2. The van der Waals surface area contributed by atoms with Crippen LogP contribution in [0.15, 0.2) is 6.20 Å². The van der Waals surface area contributed by atoms with Crippen molar-refractivity contribution in [1.82, 2.24) is 14.7 Å². The number of hydrogen-bond donors (Lipinski definition) is 1. The maximum Gasteiger partial charge on any atom is 0.223 e. The summed E-state index contributed by atoms with van der Waals surface area (Å²) < 4.78 is 1.84. The average Bonchev–Trinajstić information content (AvgIpc) is 2.76. The highest BCUT2D eigenvalue weighted by Gasteiger charge is 2.38. The van der Waals surface area contributed by atoms with E-state index < -0.39 is 0 Å². The molecule has 1 aliphatic rings. The summed E-state index contributed by atoms with van der Waals surface area (Å²) in [6.07, 6.45) is 4.29. The highest BCUT2D eigenvalue weighted by atomic mass is 16.2. The molecule has 5 nitrogen and oxygen atoms in total. The largest absolute Gasteiger partial charge is 0.334 e. The van der Waals surface area contributed by atoms with Gasteiger partial charge in [-0.3, -0.25) is 9.48 Å². The Morgan fingerprint density at radius 1 is 1.43 bits per heavy atom. The number of aryl methyl sites for hydroxylation is 1. The molecule has 2 heterocycles. The molecule has 0 spiro atoms. The van der Waals surface area contributed by atoms with Crippen LogP contribution in [0.2, 0.25) is 0 Å². The van der Waals surface area contributed by atoms with Gasteiger partial charge in [0.05, 0.1) is 11.7 Å². The van der Waals surface area contributed by atoms with Gasteiger partial charge in [-0.25, -0.2) is 0 Å². The summed E-state index contributed by atoms with van der Waals surface area (Å²) >= 11 is 0. The lowest BCUT2D eigenvalue weighted by atomic mass is 9.83. The molecule has 0 bridgehead atoms. The predicted octanol–water partition coefficient (Wildman–Crippen LogP) is 2.12. The molecule has 0 radical (unpaired) electrons. The van der Waals surface area contributed by atoms with E-state index in [1.165, 1.54) is 0 Å². The van der Waals surface area contributed by atoms with Crippen molar-refractivity contribution in [3.63, 3.8) is 0 Å². The summed E-state index contributed by atoms with van der Waals surface area (Å²) in [7, 11) is 1.93. The molecule has 1 aromatic rings. The van der Waals surface area contributed by atoms with Crippen LogP contribution in [0.3, 0.4) is 0 Å². The Hall–Kier alpha value is -1.36. The fourth-order valence-electron chi connectivity index (χ4n) is 3.19. The fourth-order valence-corrected chi connectivity index (χ4v) is 3.19. The summed E-state index contributed by atoms with van der Waals surface area (Å²) in [6, 6.07) is -0.0614. The van der Waals surface area contributed by atoms with Gasteiger partial charge in [0, 0.05) is 43.2 Å². The van der Waals surface area contributed by atoms with E-state index >= 15 is 0 Å². The van der Waals surface area contributed by atoms with E-state index in [0.717, 1.165) is 30.6 Å². The third-order valence-electron chi connectivity index (χ3n) is 4.10. The van der Waals surface area contributed by atoms with Crippen molar-refractivity contribution in [2.45, 2.75) is 64.5 Å². The third kappa shape index (κ3) is 3.12. The van der Waals surface area contributed by atoms with Gasteiger partial charge in [-0.15, -0.1) is 0 Å². The molecule has 118 valence electrons. The molecule has 21 heavy (non-hydrogen) atoms. The zero-order valence-corrected chi connectivity index (χ0v) is 13.9. The number of carbonyl (C=O) groups excluding carboxylic acids is 1. The number of nitrogens with two attached hydrogens (primary N) is 1. The van der Waals surface area contributed by atoms with E-state index in [0.29, 0.717) is 6.42 Å². The Labute approximate surface area is 127 Å². The number of rotatable bonds is 3. The van der Waals surface area contributed by atoms with Crippen LogP contribution in [-0.2, 0) is 17.3 Å². The lowest BCUT2D eigenvalue weighted by Crippen LogP contribution is -2.49. The molecule has 0 aliphatic carbocycles. The van der Waals surface area contributed by atoms with Crippen LogP contribution in [0.4, 0.5) is 0 Å². The first kappa shape index (κ1) is 16.0. The van der Waals surface area contributed by atoms with Gasteiger partial charge in [0.2, 0.25) is 5.91 Å². The summed E-state index contributed by atoms with van der Waals surface area (Å²) in [5, 5.41) is 4.63. The molecular formula is C16H28N4O. The molecule has 2 N–H and O–H groups in total. The van der Waals surface area contributed by atoms with Gasteiger partial charge in [0.1, 0.15) is 0 Å². The third-order valence-corrected chi connectivity index (χ3v) is 4.10. The highest BCUT2D eigenvalue weighted by molar-refractivity contribution is 5.78. The molecule has 1 aromatic heterocycles. The van der Waals surface area contributed by atoms with Crippen LogP contribution in [0, 0.1) is 0 Å². The number of hydrogen-bond acceptors (Lipinski definition) is 3. The standard InChI is InChI=1S/C16H28N4O/c1-6-9-20-13(21)8-7-12(17)14(20)11-10-19(5)18-15(11)16(2,3)4/h10,12,14H,6-9,17H2,1-5H3. The molecule has 0 saturated carbocycles. The topological polar surface area (TPSA) is 64.2 Å². The summed E-state index contributed by atoms with van der Waals surface area (Å²) in [6.45, 7) is 9.31. The molecule has 0 aromatic carbocycles. The van der Waals surface area contributed by atoms with Crippen LogP contribution >= 0.6 is 0 Å². The van der Waals surface area contributed by atoms with Crippen molar-refractivity contribution in [3.8, 4) is 0 Å². The monoisotopic (exact) mass is 292 g/mol. The maximum atomic E-state index is 12.3. The van der Waals surface area contributed by atoms with Crippen LogP contribution < -0.4 is 5.73 Å². The second-order valence-corrected chi connectivity index (χ2v) is 7.09. The fraction of sp³-hybridized carbons (Fsp3) is 0.750. The van der Waals surface area contributed by atoms with Gasteiger partial charge in [-0.05, 0) is 12.8 Å². The van der Waals surface area contributed by atoms with Crippen LogP contribution in [0.1, 0.15) is 64.3 Å². The van der Waals surface area contributed by atoms with Gasteiger partial charge in [0.25, 0.3) is 0 Å². The minimum absolute atomic E-state index is 0.0143. The molecular weight excluding hydrogens is 264 g/mol. The van der Waals surface area contributed by atoms with Gasteiger partial charge in [-0.2, -0.15) is 5.10 Å². The number of carbonyl (C=O) groups is 1. The van der Waals surface area contributed by atoms with E-state index in [1.807, 2.05) is 22.8 Å². The smallest absolute Gasteiger partial charge is 0.223 e. The van der Waals surface area contributed by atoms with Crippen molar-refractivity contribution < 1.29 is 4.79 Å². The molecule has 1 saturated heterocycles. The number of likely N-dealkylation sites (tertiary alicyclic amines) is 1. The first-order chi connectivity index (χ1) is 9.75. The zero-order chi connectivity index (χ0) is 15.8. The molecule has 2 rings (SSSR count). The highest BCUT2D eigenvalue weighted by Crippen LogP contribution is 2.36. The van der Waals surface area contributed by atoms with Crippen molar-refractivity contribution in [1.29, 1.82) is 0 Å². The number of amides is 1. The van der Waals surface area contributed by atoms with Gasteiger partial charge >= 0.3 is 0 Å². The predicted molar refractivity (Wildman–Crippen MR) is 83.9 cm³/mol. The summed E-state index contributed by atoms with van der Waals surface area (Å²) in [4.78, 5) is 14.3. The van der Waals surface area contributed by atoms with Crippen LogP contribution in [-0.4, -0.2) is 33.2 Å². The van der Waals surface area contributed by atoms with Crippen LogP contribution in [0.25, 0.3) is 0 Å². The molecule has 2 unspecified atom stereocenters. The molecule has 5 heteroatoms. The van der Waals surface area contributed by atoms with E-state index in [-0.39, 0.29) is 23.4 Å². The quantitative estimate of drug-likeness (QED) is 0.928. The SMILES string of the molecule is CCCN1C(=O)CCC(N)C1c1cn(C)nc1C(C)(C)C. The van der Waals surface area contributed by atoms with Gasteiger partial charge in [0.15, 0.2) is 0 Å². The Bertz CT molecular complexity index is 515. The van der Waals surface area contributed by atoms with Gasteiger partial charge < -0.3 is 10.6 Å². The second kappa shape index (κ2) is 5.79. The van der Waals surface area contributed by atoms with Crippen molar-refractivity contribution >= 4 is 5.91 Å². The van der Waals surface area contributed by atoms with Crippen LogP contribution in [0.5, 0.6) is 0 Å². The first-order valence-electron chi connectivity index (χ1n) is 7.84. The average molecular weight is 292 g/mol. The lowest BCUT2D eigenvalue weighted by Gasteiger charge is -2.40. The first-order valence-corrected chi connectivity index (χ1v) is 7.84. The zero-order valence-electron chi connectivity index (χ0n) is 13.9. The van der Waals surface area contributed by atoms with E-state index in [4.69, 9.17) is 5.73 Å². The maximum absolute atomic E-state index is 12.3. The Morgan fingerprint density at radius 2 is 2.10 bits per heavy atom. The molecule has 1 fully saturated rings. The Kier molecular flexibility index (Phi) is 4.42. The molecule has 1 aliphatic heterocycles. The Morgan fingerprint density at radius 3 is 2.67 bits per heavy atom. The summed E-state index contributed by atoms with van der Waals surface area (Å²) in [5.74, 6) is 0.215. The molecule has 1 amide bonds. The van der Waals surface area contributed by atoms with Crippen molar-refractivity contribution in [2.24, 2.45) is 12.8 Å². The normalized spacial score (nSPS) is 23.7. The number of nitrogens with zero attached hydrogens (tertiary/aromatic N) is 3. The van der Waals surface area contributed by atoms with Gasteiger partial charge in [-0.1, -0.05) is 27.7 Å². The Balaban J connectivity index is 2.48. The minimum Gasteiger partial charge on any atom is -0.334 e. The second-order valence-electron chi connectivity index (χ2n) is 7.09. The van der Waals surface area contributed by atoms with Crippen molar-refractivity contribution in [3.05, 3.63) is 17.5 Å².